The maximum atomic E-state index is 5.43. The van der Waals surface area contributed by atoms with Gasteiger partial charge in [0, 0.05) is 14.1 Å². The topological polar surface area (TPSA) is 24.7 Å². The van der Waals surface area contributed by atoms with E-state index in [4.69, 9.17) is 22.5 Å². The molecule has 0 saturated carbocycles. The van der Waals surface area contributed by atoms with E-state index in [2.05, 4.69) is 29.5 Å². The fourth-order valence-corrected chi connectivity index (χ4v) is 0. The first kappa shape index (κ1) is 15.5. The van der Waals surface area contributed by atoms with E-state index in [9.17, 15) is 0 Å². The average molecular weight is 251 g/mol. The summed E-state index contributed by atoms with van der Waals surface area (Å²) in [5.74, 6) is -1.83. The summed E-state index contributed by atoms with van der Waals surface area (Å²) in [4.78, 5) is 0. The third-order valence-corrected chi connectivity index (χ3v) is 3.76. The molecule has 76 valence electrons. The van der Waals surface area contributed by atoms with Crippen LogP contribution in [-0.4, -0.2) is 40.8 Å². The maximum Gasteiger partial charge on any atom is 0.134 e. The van der Waals surface area contributed by atoms with Crippen LogP contribution in [0.2, 0.25) is 0 Å². The van der Waals surface area contributed by atoms with Gasteiger partial charge in [-0.2, -0.15) is 0 Å². The zero-order valence-electron chi connectivity index (χ0n) is 8.54. The Bertz CT molecular complexity index is 173. The fourth-order valence-electron chi connectivity index (χ4n) is 0. The Morgan fingerprint density at radius 1 is 0.833 bits per heavy atom. The molecule has 0 bridgehead atoms. The molecule has 0 aliphatic carbocycles. The van der Waals surface area contributed by atoms with E-state index in [1.165, 1.54) is 0 Å². The quantitative estimate of drug-likeness (QED) is 0.568. The molecular weight excluding hydrogens is 233 g/mol. The fraction of sp³-hybridized carbons (Fsp3) is 1.00. The summed E-state index contributed by atoms with van der Waals surface area (Å²) in [6.07, 6.45) is 0. The normalized spacial score (nSPS) is 11.3. The molecule has 0 spiro atoms. The van der Waals surface area contributed by atoms with Gasteiger partial charge in [-0.1, -0.05) is 22.5 Å². The molecule has 0 aliphatic heterocycles. The van der Waals surface area contributed by atoms with Crippen molar-refractivity contribution >= 4 is 35.3 Å². The molecule has 0 N–H and O–H groups in total. The molecule has 0 atom stereocenters. The highest BCUT2D eigenvalue weighted by molar-refractivity contribution is 8.09. The van der Waals surface area contributed by atoms with Crippen molar-refractivity contribution < 1.29 is 0 Å². The predicted octanol–water partition coefficient (Wildman–Crippen LogP) is 4.46. The number of rotatable bonds is 0. The van der Waals surface area contributed by atoms with Crippen LogP contribution in [0.4, 0.5) is 0 Å². The second-order valence-electron chi connectivity index (χ2n) is 3.09. The van der Waals surface area contributed by atoms with Gasteiger partial charge < -0.3 is 4.74 Å². The van der Waals surface area contributed by atoms with Crippen molar-refractivity contribution in [3.8, 4) is 0 Å². The van der Waals surface area contributed by atoms with Crippen LogP contribution in [0.1, 0.15) is 0 Å². The number of hydrogen-bond donors (Lipinski definition) is 0. The first-order valence-electron chi connectivity index (χ1n) is 3.42. The van der Waals surface area contributed by atoms with Crippen LogP contribution in [-0.2, 0) is 0 Å². The Hall–Kier alpha value is 1.04. The summed E-state index contributed by atoms with van der Waals surface area (Å²) < 4.78 is 7.79. The second-order valence-corrected chi connectivity index (χ2v) is 13.8. The van der Waals surface area contributed by atoms with Gasteiger partial charge in [0.2, 0.25) is 0 Å². The number of halogens is 2. The summed E-state index contributed by atoms with van der Waals surface area (Å²) in [5.41, 5.74) is 0. The summed E-state index contributed by atoms with van der Waals surface area (Å²) in [5, 5.41) is 0. The summed E-state index contributed by atoms with van der Waals surface area (Å²) in [7, 11) is 2.73. The van der Waals surface area contributed by atoms with Crippen molar-refractivity contribution in [3.05, 3.63) is 0 Å². The van der Waals surface area contributed by atoms with Gasteiger partial charge in [-0.05, 0) is 33.7 Å². The smallest absolute Gasteiger partial charge is 0.134 e. The van der Waals surface area contributed by atoms with Crippen molar-refractivity contribution in [3.63, 3.8) is 0 Å². The zero-order valence-corrected chi connectivity index (χ0v) is 11.8. The maximum absolute atomic E-state index is 5.43. The molecule has 0 saturated heterocycles. The lowest BCUT2D eigenvalue weighted by Crippen LogP contribution is -1.65. The van der Waals surface area contributed by atoms with Crippen LogP contribution < -0.4 is 0 Å². The lowest BCUT2D eigenvalue weighted by Gasteiger charge is -1.99. The van der Waals surface area contributed by atoms with E-state index >= 15 is 0 Å². The SMILES string of the molecule is CN=P(C)(C)C.CN=P(C)(Cl)Cl. The van der Waals surface area contributed by atoms with Crippen molar-refractivity contribution in [2.24, 2.45) is 9.49 Å². The van der Waals surface area contributed by atoms with Gasteiger partial charge >= 0.3 is 0 Å². The summed E-state index contributed by atoms with van der Waals surface area (Å²) >= 11 is 10.9. The molecule has 0 aromatic heterocycles. The Kier molecular flexibility index (Phi) is 8.38. The van der Waals surface area contributed by atoms with Gasteiger partial charge in [0.05, 0.1) is 0 Å². The Labute approximate surface area is 85.7 Å². The van der Waals surface area contributed by atoms with E-state index in [0.29, 0.717) is 0 Å². The molecule has 0 aromatic carbocycles. The van der Waals surface area contributed by atoms with Crippen molar-refractivity contribution in [1.29, 1.82) is 0 Å². The number of hydrogen-bond acceptors (Lipinski definition) is 2. The molecule has 0 radical (unpaired) electrons. The third-order valence-electron chi connectivity index (χ3n) is 0.951. The van der Waals surface area contributed by atoms with Gasteiger partial charge in [-0.15, -0.1) is 0 Å². The van der Waals surface area contributed by atoms with Crippen LogP contribution >= 0.6 is 35.3 Å². The first-order chi connectivity index (χ1) is 5.12. The molecule has 0 heterocycles. The molecule has 2 nitrogen and oxygen atoms in total. The second kappa shape index (κ2) is 6.49. The van der Waals surface area contributed by atoms with E-state index in [1.807, 2.05) is 7.05 Å². The Morgan fingerprint density at radius 2 is 1.00 bits per heavy atom. The molecule has 0 unspecified atom stereocenters. The van der Waals surface area contributed by atoms with Gasteiger partial charge in [0.25, 0.3) is 0 Å². The largest absolute Gasteiger partial charge is 0.307 e. The van der Waals surface area contributed by atoms with Gasteiger partial charge in [-0.25, -0.2) is 0 Å². The standard InChI is InChI=1S/C4H12NP.C2H6Cl2NP/c2*1-5-6(2,3)4/h1-4H3;1-2H3. The molecule has 12 heavy (non-hydrogen) atoms. The summed E-state index contributed by atoms with van der Waals surface area (Å²) in [6.45, 7) is 8.28. The Balaban J connectivity index is 0. The average Bonchev–Trinajstić information content (AvgIpc) is 1.86. The lowest BCUT2D eigenvalue weighted by atomic mass is 11.6. The van der Waals surface area contributed by atoms with Gasteiger partial charge in [0.15, 0.2) is 0 Å². The van der Waals surface area contributed by atoms with Gasteiger partial charge in [-0.3, -0.25) is 4.74 Å². The lowest BCUT2D eigenvalue weighted by molar-refractivity contribution is 1.48. The highest BCUT2D eigenvalue weighted by atomic mass is 35.9. The minimum absolute atomic E-state index is 0.772. The van der Waals surface area contributed by atoms with Crippen LogP contribution in [0.3, 0.4) is 0 Å². The van der Waals surface area contributed by atoms with Crippen molar-refractivity contribution in [2.75, 3.05) is 40.8 Å². The molecule has 0 fully saturated rings. The highest BCUT2D eigenvalue weighted by Crippen LogP contribution is 2.55. The van der Waals surface area contributed by atoms with Crippen LogP contribution in [0.5, 0.6) is 0 Å². The Morgan fingerprint density at radius 3 is 1.00 bits per heavy atom. The van der Waals surface area contributed by atoms with Crippen molar-refractivity contribution in [2.45, 2.75) is 0 Å². The van der Waals surface area contributed by atoms with Crippen molar-refractivity contribution in [1.82, 2.24) is 0 Å². The molecule has 0 amide bonds. The van der Waals surface area contributed by atoms with E-state index < -0.39 is 12.8 Å². The molecule has 6 heteroatoms. The minimum atomic E-state index is -1.83. The number of nitrogens with zero attached hydrogens (tertiary/aromatic N) is 2. The summed E-state index contributed by atoms with van der Waals surface area (Å²) in [6, 6.07) is 0. The van der Waals surface area contributed by atoms with Crippen LogP contribution in [0.25, 0.3) is 0 Å². The minimum Gasteiger partial charge on any atom is -0.307 e. The van der Waals surface area contributed by atoms with E-state index in [-0.39, 0.29) is 0 Å². The molecule has 0 rings (SSSR count). The third kappa shape index (κ3) is 22.5. The van der Waals surface area contributed by atoms with Gasteiger partial charge in [0.1, 0.15) is 5.76 Å². The first-order valence-corrected chi connectivity index (χ1v) is 10.5. The molecular formula is C6H18Cl2N2P2. The molecule has 0 aliphatic rings. The highest BCUT2D eigenvalue weighted by Gasteiger charge is 1.94. The van der Waals surface area contributed by atoms with Crippen LogP contribution in [0, 0.1) is 0 Å². The monoisotopic (exact) mass is 250 g/mol. The predicted molar refractivity (Wildman–Crippen MR) is 65.9 cm³/mol. The van der Waals surface area contributed by atoms with E-state index in [0.717, 1.165) is 0 Å². The molecule has 0 aromatic rings. The van der Waals surface area contributed by atoms with E-state index in [1.54, 1.807) is 13.7 Å². The zero-order chi connectivity index (χ0) is 10.4. The van der Waals surface area contributed by atoms with Crippen LogP contribution in [0.15, 0.2) is 9.49 Å².